The zero-order valence-corrected chi connectivity index (χ0v) is 27.3. The number of fused-ring (bicyclic) bond motifs is 2. The Morgan fingerprint density at radius 2 is 1.80 bits per heavy atom. The van der Waals surface area contributed by atoms with E-state index in [1.54, 1.807) is 11.3 Å². The van der Waals surface area contributed by atoms with Gasteiger partial charge in [0.15, 0.2) is 5.13 Å². The van der Waals surface area contributed by atoms with Crippen LogP contribution in [0.4, 0.5) is 10.9 Å². The van der Waals surface area contributed by atoms with Crippen LogP contribution < -0.4 is 10.2 Å². The number of thiazole rings is 1. The van der Waals surface area contributed by atoms with Crippen LogP contribution in [0.1, 0.15) is 66.1 Å². The van der Waals surface area contributed by atoms with Crippen LogP contribution in [0.25, 0.3) is 33.1 Å². The predicted octanol–water partition coefficient (Wildman–Crippen LogP) is 10.3. The molecule has 2 aromatic heterocycles. The molecule has 1 saturated carbocycles. The second-order valence-electron chi connectivity index (χ2n) is 13.0. The Morgan fingerprint density at radius 1 is 0.978 bits per heavy atom. The number of nitrogens with zero attached hydrogens (tertiary/aromatic N) is 3. The van der Waals surface area contributed by atoms with E-state index in [-0.39, 0.29) is 0 Å². The zero-order chi connectivity index (χ0) is 30.9. The van der Waals surface area contributed by atoms with Gasteiger partial charge in [-0.05, 0) is 103 Å². The first-order valence-corrected chi connectivity index (χ1v) is 17.2. The van der Waals surface area contributed by atoms with Gasteiger partial charge in [-0.2, -0.15) is 0 Å². The van der Waals surface area contributed by atoms with Gasteiger partial charge in [-0.15, -0.1) is 0 Å². The van der Waals surface area contributed by atoms with Crippen molar-refractivity contribution in [2.24, 2.45) is 11.8 Å². The first-order valence-electron chi connectivity index (χ1n) is 16.4. The summed E-state index contributed by atoms with van der Waals surface area (Å²) in [6, 6.07) is 26.2. The summed E-state index contributed by atoms with van der Waals surface area (Å²) in [5.74, 6) is 2.71. The fourth-order valence-electron chi connectivity index (χ4n) is 7.23. The maximum Gasteiger partial charge on any atom is 0.188 e. The summed E-state index contributed by atoms with van der Waals surface area (Å²) < 4.78 is 1.17. The third-order valence-electron chi connectivity index (χ3n) is 9.82. The third-order valence-corrected chi connectivity index (χ3v) is 10.8. The van der Waals surface area contributed by atoms with Crippen molar-refractivity contribution in [3.63, 3.8) is 0 Å². The van der Waals surface area contributed by atoms with Crippen molar-refractivity contribution in [2.45, 2.75) is 58.9 Å². The Kier molecular flexibility index (Phi) is 8.29. The molecular formula is C40H42N4S. The highest BCUT2D eigenvalue weighted by molar-refractivity contribution is 7.22. The fourth-order valence-corrected chi connectivity index (χ4v) is 8.12. The van der Waals surface area contributed by atoms with Gasteiger partial charge in [0.2, 0.25) is 0 Å². The number of benzene rings is 3. The summed E-state index contributed by atoms with van der Waals surface area (Å²) in [6.07, 6.45) is 9.55. The van der Waals surface area contributed by atoms with E-state index in [9.17, 15) is 0 Å². The maximum atomic E-state index is 5.16. The zero-order valence-electron chi connectivity index (χ0n) is 26.5. The monoisotopic (exact) mass is 610 g/mol. The van der Waals surface area contributed by atoms with Crippen LogP contribution in [-0.2, 0) is 19.4 Å². The summed E-state index contributed by atoms with van der Waals surface area (Å²) in [6.45, 7) is 14.9. The van der Waals surface area contributed by atoms with Crippen molar-refractivity contribution in [1.82, 2.24) is 9.97 Å². The van der Waals surface area contributed by atoms with Gasteiger partial charge in [0.1, 0.15) is 5.82 Å². The van der Waals surface area contributed by atoms with E-state index in [4.69, 9.17) is 9.97 Å². The highest BCUT2D eigenvalue weighted by Crippen LogP contribution is 2.35. The molecule has 0 bridgehead atoms. The van der Waals surface area contributed by atoms with Gasteiger partial charge in [0.05, 0.1) is 15.9 Å². The number of nitrogens with one attached hydrogen (secondary N) is 1. The van der Waals surface area contributed by atoms with E-state index in [0.717, 1.165) is 70.3 Å². The SMILES string of the molecule is C=Cc1nc(N2CCc3cccc(C(=C)Nc4nc5ccccc5s4)c3C2)ccc1-c1ccc(CC2CCC(C)CC2)cc1C. The summed E-state index contributed by atoms with van der Waals surface area (Å²) in [4.78, 5) is 12.3. The third kappa shape index (κ3) is 6.19. The number of hydrogen-bond acceptors (Lipinski definition) is 5. The molecule has 5 aromatic rings. The number of para-hydroxylation sites is 1. The molecule has 45 heavy (non-hydrogen) atoms. The molecule has 0 atom stereocenters. The van der Waals surface area contributed by atoms with Crippen molar-refractivity contribution >= 4 is 44.3 Å². The maximum absolute atomic E-state index is 5.16. The van der Waals surface area contributed by atoms with Crippen LogP contribution in [0.3, 0.4) is 0 Å². The van der Waals surface area contributed by atoms with E-state index >= 15 is 0 Å². The molecule has 3 aromatic carbocycles. The summed E-state index contributed by atoms with van der Waals surface area (Å²) >= 11 is 1.66. The second-order valence-corrected chi connectivity index (χ2v) is 14.0. The molecule has 2 aliphatic rings. The number of aromatic nitrogens is 2. The molecular weight excluding hydrogens is 569 g/mol. The van der Waals surface area contributed by atoms with Crippen LogP contribution in [0.15, 0.2) is 86.0 Å². The quantitative estimate of drug-likeness (QED) is 0.190. The topological polar surface area (TPSA) is 41.1 Å². The van der Waals surface area contributed by atoms with Gasteiger partial charge in [-0.25, -0.2) is 9.97 Å². The molecule has 1 fully saturated rings. The average molecular weight is 611 g/mol. The lowest BCUT2D eigenvalue weighted by atomic mass is 9.80. The molecule has 3 heterocycles. The average Bonchev–Trinajstić information content (AvgIpc) is 3.47. The Morgan fingerprint density at radius 3 is 2.60 bits per heavy atom. The molecule has 228 valence electrons. The molecule has 0 spiro atoms. The van der Waals surface area contributed by atoms with Gasteiger partial charge < -0.3 is 10.2 Å². The second kappa shape index (κ2) is 12.6. The standard InChI is InChI=1S/C40H42N4S/c1-5-36-34(32-18-17-30(23-27(32)3)24-29-15-13-26(2)14-16-29)19-20-39(42-36)44-22-21-31-9-8-10-33(35(31)25-44)28(4)41-40-43-37-11-6-7-12-38(37)45-40/h5-12,17-20,23,26,29H,1,4,13-16,21-22,24-25H2,2-3H3,(H,41,43). The van der Waals surface area contributed by atoms with E-state index in [1.165, 1.54) is 64.6 Å². The highest BCUT2D eigenvalue weighted by Gasteiger charge is 2.23. The van der Waals surface area contributed by atoms with Crippen molar-refractivity contribution in [3.8, 4) is 11.1 Å². The molecule has 1 N–H and O–H groups in total. The van der Waals surface area contributed by atoms with Crippen molar-refractivity contribution in [1.29, 1.82) is 0 Å². The Labute approximate surface area is 271 Å². The summed E-state index contributed by atoms with van der Waals surface area (Å²) in [5.41, 5.74) is 11.8. The first-order chi connectivity index (χ1) is 21.9. The smallest absolute Gasteiger partial charge is 0.188 e. The van der Waals surface area contributed by atoms with Gasteiger partial charge in [-0.3, -0.25) is 0 Å². The van der Waals surface area contributed by atoms with E-state index in [0.29, 0.717) is 0 Å². The predicted molar refractivity (Wildman–Crippen MR) is 193 cm³/mol. The molecule has 4 nitrogen and oxygen atoms in total. The Balaban J connectivity index is 1.10. The minimum Gasteiger partial charge on any atom is -0.352 e. The van der Waals surface area contributed by atoms with Crippen molar-refractivity contribution < 1.29 is 0 Å². The van der Waals surface area contributed by atoms with Crippen LogP contribution >= 0.6 is 11.3 Å². The minimum atomic E-state index is 0.780. The van der Waals surface area contributed by atoms with Gasteiger partial charge in [0, 0.05) is 29.9 Å². The van der Waals surface area contributed by atoms with E-state index in [2.05, 4.69) is 97.9 Å². The molecule has 7 rings (SSSR count). The van der Waals surface area contributed by atoms with E-state index < -0.39 is 0 Å². The largest absolute Gasteiger partial charge is 0.352 e. The van der Waals surface area contributed by atoms with Crippen molar-refractivity contribution in [2.75, 3.05) is 16.8 Å². The van der Waals surface area contributed by atoms with Crippen LogP contribution in [-0.4, -0.2) is 16.5 Å². The Bertz CT molecular complexity index is 1840. The van der Waals surface area contributed by atoms with Crippen LogP contribution in [0.2, 0.25) is 0 Å². The molecule has 0 saturated heterocycles. The minimum absolute atomic E-state index is 0.780. The summed E-state index contributed by atoms with van der Waals surface area (Å²) in [7, 11) is 0. The first kappa shape index (κ1) is 29.5. The van der Waals surface area contributed by atoms with Gasteiger partial charge in [0.25, 0.3) is 0 Å². The summed E-state index contributed by atoms with van der Waals surface area (Å²) in [5, 5.41) is 4.36. The number of pyridine rings is 1. The molecule has 0 radical (unpaired) electrons. The number of rotatable bonds is 8. The molecule has 1 aliphatic carbocycles. The fraction of sp³-hybridized carbons (Fsp3) is 0.300. The lowest BCUT2D eigenvalue weighted by Gasteiger charge is -2.32. The molecule has 5 heteroatoms. The van der Waals surface area contributed by atoms with Crippen molar-refractivity contribution in [3.05, 3.63) is 119 Å². The van der Waals surface area contributed by atoms with Crippen LogP contribution in [0.5, 0.6) is 0 Å². The van der Waals surface area contributed by atoms with Gasteiger partial charge in [-0.1, -0.05) is 92.8 Å². The molecule has 1 aliphatic heterocycles. The number of hydrogen-bond donors (Lipinski definition) is 1. The molecule has 0 unspecified atom stereocenters. The normalized spacial score (nSPS) is 18.0. The van der Waals surface area contributed by atoms with Crippen LogP contribution in [0, 0.1) is 18.8 Å². The van der Waals surface area contributed by atoms with Gasteiger partial charge >= 0.3 is 0 Å². The lowest BCUT2D eigenvalue weighted by molar-refractivity contribution is 0.289. The molecule has 0 amide bonds. The number of anilines is 2. The lowest BCUT2D eigenvalue weighted by Crippen LogP contribution is -2.32. The Hall–Kier alpha value is -4.22. The number of aryl methyl sites for hydroxylation is 1. The highest BCUT2D eigenvalue weighted by atomic mass is 32.1. The van der Waals surface area contributed by atoms with E-state index in [1.807, 2.05) is 18.2 Å².